The average Bonchev–Trinajstić information content (AvgIpc) is 2.77. The van der Waals surface area contributed by atoms with E-state index < -0.39 is 27.7 Å². The van der Waals surface area contributed by atoms with E-state index in [0.29, 0.717) is 18.4 Å². The van der Waals surface area contributed by atoms with E-state index >= 15 is 0 Å². The summed E-state index contributed by atoms with van der Waals surface area (Å²) in [5.41, 5.74) is 1.57. The summed E-state index contributed by atoms with van der Waals surface area (Å²) >= 11 is 0. The fourth-order valence-electron chi connectivity index (χ4n) is 3.37. The molecule has 2 aromatic rings. The molecule has 0 saturated carbocycles. The molecular formula is C22H24FNO5S. The molecule has 1 saturated heterocycles. The number of hydrogen-bond donors (Lipinski definition) is 0. The van der Waals surface area contributed by atoms with Gasteiger partial charge in [-0.3, -0.25) is 9.59 Å². The van der Waals surface area contributed by atoms with Crippen LogP contribution in [0.5, 0.6) is 0 Å². The van der Waals surface area contributed by atoms with E-state index in [1.807, 2.05) is 19.1 Å². The largest absolute Gasteiger partial charge is 0.457 e. The zero-order valence-corrected chi connectivity index (χ0v) is 17.5. The number of esters is 1. The predicted molar refractivity (Wildman–Crippen MR) is 109 cm³/mol. The van der Waals surface area contributed by atoms with Gasteiger partial charge in [0.2, 0.25) is 10.0 Å². The number of piperidine rings is 1. The Hall–Kier alpha value is -2.58. The Morgan fingerprint density at radius 3 is 2.40 bits per heavy atom. The average molecular weight is 434 g/mol. The van der Waals surface area contributed by atoms with Gasteiger partial charge in [0.05, 0.1) is 10.8 Å². The number of carbonyl (C=O) groups excluding carboxylic acids is 2. The first kappa shape index (κ1) is 22.1. The maximum atomic E-state index is 13.1. The molecule has 0 spiro atoms. The molecule has 1 fully saturated rings. The SMILES string of the molecule is CCc1ccc(C(=O)COC(=O)C2CCCN(S(=O)(=O)c3ccc(F)cc3)C2)cc1. The van der Waals surface area contributed by atoms with E-state index in [2.05, 4.69) is 0 Å². The number of aryl methyl sites for hydroxylation is 1. The van der Waals surface area contributed by atoms with Crippen LogP contribution in [0.2, 0.25) is 0 Å². The molecule has 0 aromatic heterocycles. The predicted octanol–water partition coefficient (Wildman–Crippen LogP) is 3.21. The molecule has 0 bridgehead atoms. The molecule has 1 aliphatic heterocycles. The lowest BCUT2D eigenvalue weighted by atomic mass is 10.00. The van der Waals surface area contributed by atoms with Crippen LogP contribution in [0.1, 0.15) is 35.7 Å². The van der Waals surface area contributed by atoms with E-state index in [1.165, 1.54) is 16.4 Å². The molecule has 6 nitrogen and oxygen atoms in total. The van der Waals surface area contributed by atoms with Crippen molar-refractivity contribution < 1.29 is 27.1 Å². The van der Waals surface area contributed by atoms with Crippen molar-refractivity contribution in [3.8, 4) is 0 Å². The fourth-order valence-corrected chi connectivity index (χ4v) is 4.90. The van der Waals surface area contributed by atoms with Crippen LogP contribution in [0, 0.1) is 11.7 Å². The number of sulfonamides is 1. The van der Waals surface area contributed by atoms with Crippen LogP contribution in [0.15, 0.2) is 53.4 Å². The molecule has 2 aromatic carbocycles. The van der Waals surface area contributed by atoms with Crippen LogP contribution in [-0.2, 0) is 26.0 Å². The standard InChI is InChI=1S/C22H24FNO5S/c1-2-16-5-7-17(8-6-16)21(25)15-29-22(26)18-4-3-13-24(14-18)30(27,28)20-11-9-19(23)10-12-20/h5-12,18H,2-4,13-15H2,1H3. The van der Waals surface area contributed by atoms with Crippen molar-refractivity contribution in [3.63, 3.8) is 0 Å². The highest BCUT2D eigenvalue weighted by molar-refractivity contribution is 7.89. The lowest BCUT2D eigenvalue weighted by Gasteiger charge is -2.30. The van der Waals surface area contributed by atoms with Crippen molar-refractivity contribution in [2.75, 3.05) is 19.7 Å². The van der Waals surface area contributed by atoms with Crippen molar-refractivity contribution >= 4 is 21.8 Å². The van der Waals surface area contributed by atoms with Crippen molar-refractivity contribution in [2.24, 2.45) is 5.92 Å². The van der Waals surface area contributed by atoms with Gasteiger partial charge >= 0.3 is 5.97 Å². The summed E-state index contributed by atoms with van der Waals surface area (Å²) in [4.78, 5) is 24.7. The lowest BCUT2D eigenvalue weighted by Crippen LogP contribution is -2.43. The van der Waals surface area contributed by atoms with Gasteiger partial charge in [0.15, 0.2) is 12.4 Å². The molecular weight excluding hydrogens is 409 g/mol. The van der Waals surface area contributed by atoms with Crippen LogP contribution < -0.4 is 0 Å². The number of rotatable bonds is 7. The first-order valence-electron chi connectivity index (χ1n) is 9.85. The van der Waals surface area contributed by atoms with E-state index in [9.17, 15) is 22.4 Å². The molecule has 1 atom stereocenters. The highest BCUT2D eigenvalue weighted by atomic mass is 32.2. The Morgan fingerprint density at radius 2 is 1.77 bits per heavy atom. The molecule has 160 valence electrons. The summed E-state index contributed by atoms with van der Waals surface area (Å²) in [6.45, 7) is 1.87. The number of halogens is 1. The molecule has 0 amide bonds. The minimum absolute atomic E-state index is 0.0244. The van der Waals surface area contributed by atoms with Crippen LogP contribution in [0.25, 0.3) is 0 Å². The number of ether oxygens (including phenoxy) is 1. The van der Waals surface area contributed by atoms with E-state index in [0.717, 1.165) is 24.1 Å². The maximum Gasteiger partial charge on any atom is 0.310 e. The van der Waals surface area contributed by atoms with Crippen LogP contribution in [0.3, 0.4) is 0 Å². The first-order valence-corrected chi connectivity index (χ1v) is 11.3. The Morgan fingerprint density at radius 1 is 1.10 bits per heavy atom. The minimum atomic E-state index is -3.83. The fraction of sp³-hybridized carbons (Fsp3) is 0.364. The highest BCUT2D eigenvalue weighted by Gasteiger charge is 2.34. The Balaban J connectivity index is 1.59. The van der Waals surface area contributed by atoms with E-state index in [1.54, 1.807) is 12.1 Å². The van der Waals surface area contributed by atoms with Crippen molar-refractivity contribution in [1.82, 2.24) is 4.31 Å². The lowest BCUT2D eigenvalue weighted by molar-refractivity contribution is -0.148. The third kappa shape index (κ3) is 5.12. The maximum absolute atomic E-state index is 13.1. The molecule has 8 heteroatoms. The van der Waals surface area contributed by atoms with E-state index in [-0.39, 0.29) is 30.4 Å². The first-order chi connectivity index (χ1) is 14.3. The van der Waals surface area contributed by atoms with E-state index in [4.69, 9.17) is 4.74 Å². The number of carbonyl (C=O) groups is 2. The summed E-state index contributed by atoms with van der Waals surface area (Å²) in [5.74, 6) is -2.07. The van der Waals surface area contributed by atoms with Crippen molar-refractivity contribution in [3.05, 3.63) is 65.5 Å². The van der Waals surface area contributed by atoms with Gasteiger partial charge in [-0.25, -0.2) is 12.8 Å². The molecule has 1 unspecified atom stereocenters. The molecule has 0 radical (unpaired) electrons. The number of ketones is 1. The summed E-state index contributed by atoms with van der Waals surface area (Å²) < 4.78 is 45.0. The normalized spacial score (nSPS) is 17.5. The molecule has 0 N–H and O–H groups in total. The molecule has 1 aliphatic rings. The number of benzene rings is 2. The number of hydrogen-bond acceptors (Lipinski definition) is 5. The van der Waals surface area contributed by atoms with Gasteiger partial charge in [-0.15, -0.1) is 0 Å². The summed E-state index contributed by atoms with van der Waals surface area (Å²) in [5, 5.41) is 0. The van der Waals surface area contributed by atoms with Crippen LogP contribution >= 0.6 is 0 Å². The van der Waals surface area contributed by atoms with Gasteiger partial charge in [0.25, 0.3) is 0 Å². The topological polar surface area (TPSA) is 80.8 Å². The Labute approximate surface area is 175 Å². The third-order valence-electron chi connectivity index (χ3n) is 5.20. The number of nitrogens with zero attached hydrogens (tertiary/aromatic N) is 1. The van der Waals surface area contributed by atoms with Gasteiger partial charge in [-0.2, -0.15) is 4.31 Å². The van der Waals surface area contributed by atoms with Crippen molar-refractivity contribution in [1.29, 1.82) is 0 Å². The summed E-state index contributed by atoms with van der Waals surface area (Å²) in [6.07, 6.45) is 1.84. The Bertz CT molecular complexity index is 1000. The second kappa shape index (κ2) is 9.49. The zero-order chi connectivity index (χ0) is 21.7. The van der Waals surface area contributed by atoms with Gasteiger partial charge in [0, 0.05) is 18.7 Å². The highest BCUT2D eigenvalue weighted by Crippen LogP contribution is 2.24. The van der Waals surface area contributed by atoms with Gasteiger partial charge in [-0.1, -0.05) is 31.2 Å². The second-order valence-corrected chi connectivity index (χ2v) is 9.18. The zero-order valence-electron chi connectivity index (χ0n) is 16.7. The van der Waals surface area contributed by atoms with Gasteiger partial charge < -0.3 is 4.74 Å². The summed E-state index contributed by atoms with van der Waals surface area (Å²) in [7, 11) is -3.83. The smallest absolute Gasteiger partial charge is 0.310 e. The summed E-state index contributed by atoms with van der Waals surface area (Å²) in [6, 6.07) is 11.7. The Kier molecular flexibility index (Phi) is 6.99. The van der Waals surface area contributed by atoms with Crippen molar-refractivity contribution in [2.45, 2.75) is 31.1 Å². The quantitative estimate of drug-likeness (QED) is 0.495. The van der Waals surface area contributed by atoms with Gasteiger partial charge in [0.1, 0.15) is 5.82 Å². The van der Waals surface area contributed by atoms with Gasteiger partial charge in [-0.05, 0) is 49.1 Å². The molecule has 3 rings (SSSR count). The molecule has 1 heterocycles. The van der Waals surface area contributed by atoms with Crippen LogP contribution in [0.4, 0.5) is 4.39 Å². The monoisotopic (exact) mass is 433 g/mol. The third-order valence-corrected chi connectivity index (χ3v) is 7.08. The van der Waals surface area contributed by atoms with Crippen LogP contribution in [-0.4, -0.2) is 44.2 Å². The number of Topliss-reactive ketones (excluding diaryl/α,β-unsaturated/α-hetero) is 1. The second-order valence-electron chi connectivity index (χ2n) is 7.24. The minimum Gasteiger partial charge on any atom is -0.457 e. The molecule has 0 aliphatic carbocycles. The molecule has 30 heavy (non-hydrogen) atoms.